The molecule has 0 radical (unpaired) electrons. The molecular formula is C26H30Cl2F2N4O3. The fourth-order valence-corrected chi connectivity index (χ4v) is 4.99. The van der Waals surface area contributed by atoms with Crippen molar-refractivity contribution < 1.29 is 23.2 Å². The van der Waals surface area contributed by atoms with E-state index < -0.39 is 23.6 Å². The summed E-state index contributed by atoms with van der Waals surface area (Å²) in [7, 11) is 3.33. The second-order valence-electron chi connectivity index (χ2n) is 9.70. The van der Waals surface area contributed by atoms with Crippen molar-refractivity contribution in [1.82, 2.24) is 15.8 Å². The van der Waals surface area contributed by atoms with E-state index in [2.05, 4.69) is 10.7 Å². The van der Waals surface area contributed by atoms with Crippen molar-refractivity contribution in [3.05, 3.63) is 63.1 Å². The van der Waals surface area contributed by atoms with E-state index in [1.54, 1.807) is 27.9 Å². The average molecular weight is 555 g/mol. The number of carbonyl (C=O) groups excluding carboxylic acids is 3. The quantitative estimate of drug-likeness (QED) is 0.467. The third-order valence-corrected chi connectivity index (χ3v) is 6.73. The molecule has 3 amide bonds. The van der Waals surface area contributed by atoms with Crippen LogP contribution in [0.3, 0.4) is 0 Å². The van der Waals surface area contributed by atoms with Crippen molar-refractivity contribution in [1.29, 1.82) is 0 Å². The second kappa shape index (κ2) is 12.2. The monoisotopic (exact) mass is 554 g/mol. The van der Waals surface area contributed by atoms with Crippen LogP contribution in [-0.4, -0.2) is 49.4 Å². The van der Waals surface area contributed by atoms with Gasteiger partial charge < -0.3 is 10.2 Å². The van der Waals surface area contributed by atoms with Crippen molar-refractivity contribution in [2.45, 2.75) is 39.2 Å². The molecule has 7 nitrogen and oxygen atoms in total. The number of nitrogens with zero attached hydrogens (tertiary/aromatic N) is 2. The summed E-state index contributed by atoms with van der Waals surface area (Å²) in [6.07, 6.45) is 1.06. The van der Waals surface area contributed by atoms with Crippen molar-refractivity contribution in [2.75, 3.05) is 25.5 Å². The molecule has 1 aliphatic rings. The zero-order chi connectivity index (χ0) is 27.4. The van der Waals surface area contributed by atoms with Crippen LogP contribution in [0.5, 0.6) is 0 Å². The number of hydrogen-bond acceptors (Lipinski definition) is 4. The Kier molecular flexibility index (Phi) is 9.50. The number of nitrogens with one attached hydrogen (secondary N) is 2. The first-order valence-corrected chi connectivity index (χ1v) is 12.6. The number of rotatable bonds is 8. The number of carbonyl (C=O) groups is 3. The first-order chi connectivity index (χ1) is 17.4. The normalized spacial score (nSPS) is 16.8. The molecule has 2 aromatic carbocycles. The van der Waals surface area contributed by atoms with Gasteiger partial charge in [0.15, 0.2) is 0 Å². The molecule has 0 saturated carbocycles. The van der Waals surface area contributed by atoms with Gasteiger partial charge in [0.2, 0.25) is 5.91 Å². The molecule has 1 unspecified atom stereocenters. The predicted octanol–water partition coefficient (Wildman–Crippen LogP) is 4.60. The Hall–Kier alpha value is -2.75. The van der Waals surface area contributed by atoms with Gasteiger partial charge in [-0.05, 0) is 48.4 Å². The lowest BCUT2D eigenvalue weighted by Gasteiger charge is -2.34. The Morgan fingerprint density at radius 3 is 2.35 bits per heavy atom. The van der Waals surface area contributed by atoms with Crippen LogP contribution < -0.4 is 15.6 Å². The molecule has 0 bridgehead atoms. The van der Waals surface area contributed by atoms with Crippen molar-refractivity contribution in [3.8, 4) is 0 Å². The van der Waals surface area contributed by atoms with Gasteiger partial charge in [-0.2, -0.15) is 0 Å². The average Bonchev–Trinajstić information content (AvgIpc) is 2.79. The molecule has 3 rings (SSSR count). The van der Waals surface area contributed by atoms with E-state index in [0.29, 0.717) is 18.4 Å². The van der Waals surface area contributed by atoms with Gasteiger partial charge in [0.25, 0.3) is 11.8 Å². The Bertz CT molecular complexity index is 1170. The minimum atomic E-state index is -0.802. The number of hydrogen-bond donors (Lipinski definition) is 2. The first kappa shape index (κ1) is 28.8. The zero-order valence-electron chi connectivity index (χ0n) is 21.1. The smallest absolute Gasteiger partial charge is 0.257 e. The number of hydrazine groups is 1. The summed E-state index contributed by atoms with van der Waals surface area (Å²) < 4.78 is 27.4. The summed E-state index contributed by atoms with van der Waals surface area (Å²) in [5, 5.41) is 4.38. The van der Waals surface area contributed by atoms with E-state index in [9.17, 15) is 23.2 Å². The van der Waals surface area contributed by atoms with Gasteiger partial charge in [0, 0.05) is 38.7 Å². The molecule has 0 spiro atoms. The third-order valence-electron chi connectivity index (χ3n) is 6.15. The number of piperidine rings is 1. The summed E-state index contributed by atoms with van der Waals surface area (Å²) in [5.74, 6) is -2.69. The van der Waals surface area contributed by atoms with E-state index in [4.69, 9.17) is 23.2 Å². The molecule has 2 atom stereocenters. The van der Waals surface area contributed by atoms with E-state index in [1.165, 1.54) is 34.2 Å². The van der Waals surface area contributed by atoms with Gasteiger partial charge in [0.1, 0.15) is 17.7 Å². The first-order valence-electron chi connectivity index (χ1n) is 11.9. The second-order valence-corrected chi connectivity index (χ2v) is 10.5. The summed E-state index contributed by atoms with van der Waals surface area (Å²) in [6.45, 7) is 3.85. The fraction of sp³-hybridized carbons (Fsp3) is 0.423. The maximum atomic E-state index is 14.2. The van der Waals surface area contributed by atoms with Crippen LogP contribution in [0.1, 0.15) is 42.6 Å². The van der Waals surface area contributed by atoms with Crippen molar-refractivity contribution in [2.24, 2.45) is 11.8 Å². The Morgan fingerprint density at radius 1 is 1.14 bits per heavy atom. The van der Waals surface area contributed by atoms with E-state index >= 15 is 0 Å². The van der Waals surface area contributed by atoms with Gasteiger partial charge in [-0.15, -0.1) is 0 Å². The largest absolute Gasteiger partial charge is 0.340 e. The molecule has 1 aliphatic heterocycles. The lowest BCUT2D eigenvalue weighted by atomic mass is 9.90. The highest BCUT2D eigenvalue weighted by Gasteiger charge is 2.31. The van der Waals surface area contributed by atoms with Crippen LogP contribution in [0.15, 0.2) is 30.3 Å². The van der Waals surface area contributed by atoms with Crippen LogP contribution in [0, 0.1) is 23.5 Å². The van der Waals surface area contributed by atoms with Crippen LogP contribution in [-0.2, 0) is 16.0 Å². The van der Waals surface area contributed by atoms with Crippen LogP contribution >= 0.6 is 23.2 Å². The highest BCUT2D eigenvalue weighted by Crippen LogP contribution is 2.38. The number of benzene rings is 2. The minimum absolute atomic E-state index is 0.0958. The van der Waals surface area contributed by atoms with Gasteiger partial charge in [-0.25, -0.2) is 13.8 Å². The van der Waals surface area contributed by atoms with Crippen LogP contribution in [0.4, 0.5) is 14.5 Å². The molecule has 37 heavy (non-hydrogen) atoms. The Balaban J connectivity index is 1.80. The third kappa shape index (κ3) is 7.18. The zero-order valence-corrected chi connectivity index (χ0v) is 22.6. The molecule has 200 valence electrons. The fourth-order valence-electron chi connectivity index (χ4n) is 4.30. The molecule has 11 heteroatoms. The standard InChI is InChI=1S/C26H30Cl2F2N4O3/c1-14(2)23(26(37)32-33(3)4)31-25(36)17-10-19(27)24(20(28)11-17)34-13-15(5-8-22(34)35)9-16-6-7-18(29)12-21(16)30/h6-7,10-12,14-15,23H,5,8-9,13H2,1-4H3,(H,31,36)(H,32,37)/t15?,23-/m1/s1. The summed E-state index contributed by atoms with van der Waals surface area (Å²) >= 11 is 13.0. The topological polar surface area (TPSA) is 81.8 Å². The lowest BCUT2D eigenvalue weighted by molar-refractivity contribution is -0.127. The van der Waals surface area contributed by atoms with Crippen molar-refractivity contribution >= 4 is 46.6 Å². The number of halogens is 4. The van der Waals surface area contributed by atoms with Gasteiger partial charge in [0.05, 0.1) is 15.7 Å². The van der Waals surface area contributed by atoms with Crippen LogP contribution in [0.2, 0.25) is 10.0 Å². The van der Waals surface area contributed by atoms with E-state index in [0.717, 1.165) is 6.07 Å². The van der Waals surface area contributed by atoms with Gasteiger partial charge >= 0.3 is 0 Å². The number of anilines is 1. The Labute approximate surface area is 225 Å². The molecule has 0 aliphatic carbocycles. The Morgan fingerprint density at radius 2 is 1.78 bits per heavy atom. The molecule has 2 aromatic rings. The number of amides is 3. The van der Waals surface area contributed by atoms with Crippen molar-refractivity contribution in [3.63, 3.8) is 0 Å². The molecular weight excluding hydrogens is 525 g/mol. The minimum Gasteiger partial charge on any atom is -0.340 e. The lowest BCUT2D eigenvalue weighted by Crippen LogP contribution is -2.52. The maximum Gasteiger partial charge on any atom is 0.257 e. The summed E-state index contributed by atoms with van der Waals surface area (Å²) in [5.41, 5.74) is 3.39. The highest BCUT2D eigenvalue weighted by molar-refractivity contribution is 6.40. The maximum absolute atomic E-state index is 14.2. The summed E-state index contributed by atoms with van der Waals surface area (Å²) in [6, 6.07) is 5.44. The molecule has 1 saturated heterocycles. The highest BCUT2D eigenvalue weighted by atomic mass is 35.5. The molecule has 1 fully saturated rings. The summed E-state index contributed by atoms with van der Waals surface area (Å²) in [4.78, 5) is 39.7. The SMILES string of the molecule is CC(C)[C@@H](NC(=O)c1cc(Cl)c(N2CC(Cc3ccc(F)cc3F)CCC2=O)c(Cl)c1)C(=O)NN(C)C. The molecule has 2 N–H and O–H groups in total. The molecule has 0 aromatic heterocycles. The van der Waals surface area contributed by atoms with E-state index in [1.807, 2.05) is 0 Å². The van der Waals surface area contributed by atoms with Gasteiger partial charge in [-0.3, -0.25) is 19.8 Å². The van der Waals surface area contributed by atoms with Crippen LogP contribution in [0.25, 0.3) is 0 Å². The molecule has 1 heterocycles. The predicted molar refractivity (Wildman–Crippen MR) is 140 cm³/mol. The van der Waals surface area contributed by atoms with Gasteiger partial charge in [-0.1, -0.05) is 43.1 Å². The van der Waals surface area contributed by atoms with E-state index in [-0.39, 0.29) is 57.9 Å².